The normalized spacial score (nSPS) is 10.7. The van der Waals surface area contributed by atoms with E-state index in [0.717, 1.165) is 28.9 Å². The molecule has 0 bridgehead atoms. The number of carbonyl (C=O) groups excluding carboxylic acids is 1. The highest BCUT2D eigenvalue weighted by Crippen LogP contribution is 2.22. The minimum atomic E-state index is -0.452. The maximum atomic E-state index is 11.9. The SMILES string of the molecule is O=C(Cc1ccc([N+](=O)[O-])cc1)NCCCc1nc2ccccc2s1. The fraction of sp³-hybridized carbons (Fsp3) is 0.222. The largest absolute Gasteiger partial charge is 0.356 e. The summed E-state index contributed by atoms with van der Waals surface area (Å²) in [5.74, 6) is -0.0850. The molecule has 1 heterocycles. The molecule has 3 rings (SSSR count). The Labute approximate surface area is 148 Å². The van der Waals surface area contributed by atoms with Crippen LogP contribution in [-0.2, 0) is 17.6 Å². The second kappa shape index (κ2) is 7.85. The predicted molar refractivity (Wildman–Crippen MR) is 97.8 cm³/mol. The van der Waals surface area contributed by atoms with Crippen LogP contribution in [0, 0.1) is 10.1 Å². The van der Waals surface area contributed by atoms with Crippen LogP contribution in [0.2, 0.25) is 0 Å². The Morgan fingerprint density at radius 1 is 1.16 bits per heavy atom. The van der Waals surface area contributed by atoms with E-state index >= 15 is 0 Å². The van der Waals surface area contributed by atoms with Crippen molar-refractivity contribution >= 4 is 33.1 Å². The van der Waals surface area contributed by atoms with Gasteiger partial charge < -0.3 is 5.32 Å². The average Bonchev–Trinajstić information content (AvgIpc) is 3.02. The van der Waals surface area contributed by atoms with Crippen LogP contribution >= 0.6 is 11.3 Å². The molecule has 0 saturated heterocycles. The van der Waals surface area contributed by atoms with Gasteiger partial charge in [0.05, 0.1) is 26.6 Å². The van der Waals surface area contributed by atoms with Crippen LogP contribution in [0.3, 0.4) is 0 Å². The van der Waals surface area contributed by atoms with Gasteiger partial charge in [0.25, 0.3) is 5.69 Å². The van der Waals surface area contributed by atoms with E-state index in [4.69, 9.17) is 0 Å². The van der Waals surface area contributed by atoms with E-state index < -0.39 is 4.92 Å². The van der Waals surface area contributed by atoms with Gasteiger partial charge in [-0.3, -0.25) is 14.9 Å². The molecular formula is C18H17N3O3S. The Bertz CT molecular complexity index is 857. The molecular weight excluding hydrogens is 338 g/mol. The number of amides is 1. The highest BCUT2D eigenvalue weighted by Gasteiger charge is 2.07. The molecule has 1 N–H and O–H groups in total. The van der Waals surface area contributed by atoms with Crippen molar-refractivity contribution in [3.63, 3.8) is 0 Å². The summed E-state index contributed by atoms with van der Waals surface area (Å²) in [6.45, 7) is 0.585. The second-order valence-corrected chi connectivity index (χ2v) is 6.74. The van der Waals surface area contributed by atoms with Gasteiger partial charge in [0, 0.05) is 25.1 Å². The number of carbonyl (C=O) groups is 1. The van der Waals surface area contributed by atoms with Crippen LogP contribution in [0.4, 0.5) is 5.69 Å². The van der Waals surface area contributed by atoms with Crippen molar-refractivity contribution in [2.24, 2.45) is 0 Å². The van der Waals surface area contributed by atoms with Crippen LogP contribution in [0.1, 0.15) is 17.0 Å². The Kier molecular flexibility index (Phi) is 5.35. The standard InChI is InChI=1S/C18H17N3O3S/c22-17(12-13-7-9-14(10-8-13)21(23)24)19-11-3-6-18-20-15-4-1-2-5-16(15)25-18/h1-2,4-5,7-10H,3,6,11-12H2,(H,19,22). The third kappa shape index (κ3) is 4.60. The molecule has 2 aromatic carbocycles. The zero-order valence-corrected chi connectivity index (χ0v) is 14.3. The molecule has 0 fully saturated rings. The van der Waals surface area contributed by atoms with Crippen LogP contribution in [0.15, 0.2) is 48.5 Å². The lowest BCUT2D eigenvalue weighted by atomic mass is 10.1. The highest BCUT2D eigenvalue weighted by atomic mass is 32.1. The van der Waals surface area contributed by atoms with Gasteiger partial charge in [-0.25, -0.2) is 4.98 Å². The minimum absolute atomic E-state index is 0.0278. The molecule has 1 aromatic heterocycles. The molecule has 0 aliphatic carbocycles. The number of benzene rings is 2. The zero-order valence-electron chi connectivity index (χ0n) is 13.5. The number of hydrogen-bond donors (Lipinski definition) is 1. The molecule has 0 aliphatic heterocycles. The van der Waals surface area contributed by atoms with E-state index in [1.165, 1.54) is 16.8 Å². The van der Waals surface area contributed by atoms with Crippen LogP contribution in [-0.4, -0.2) is 22.4 Å². The molecule has 0 saturated carbocycles. The van der Waals surface area contributed by atoms with E-state index in [-0.39, 0.29) is 18.0 Å². The van der Waals surface area contributed by atoms with Crippen molar-refractivity contribution in [1.82, 2.24) is 10.3 Å². The van der Waals surface area contributed by atoms with Gasteiger partial charge in [-0.15, -0.1) is 11.3 Å². The number of thiazole rings is 1. The molecule has 128 valence electrons. The molecule has 0 unspecified atom stereocenters. The number of fused-ring (bicyclic) bond motifs is 1. The summed E-state index contributed by atoms with van der Waals surface area (Å²) in [6, 6.07) is 14.1. The monoisotopic (exact) mass is 355 g/mol. The number of hydrogen-bond acceptors (Lipinski definition) is 5. The Morgan fingerprint density at radius 3 is 2.64 bits per heavy atom. The second-order valence-electron chi connectivity index (χ2n) is 5.63. The quantitative estimate of drug-likeness (QED) is 0.399. The Hall–Kier alpha value is -2.80. The lowest BCUT2D eigenvalue weighted by molar-refractivity contribution is -0.384. The number of non-ortho nitro benzene ring substituents is 1. The molecule has 1 amide bonds. The first kappa shape index (κ1) is 17.0. The van der Waals surface area contributed by atoms with E-state index in [2.05, 4.69) is 16.4 Å². The first-order valence-electron chi connectivity index (χ1n) is 7.96. The van der Waals surface area contributed by atoms with Crippen molar-refractivity contribution < 1.29 is 9.72 Å². The van der Waals surface area contributed by atoms with Gasteiger partial charge in [0.1, 0.15) is 0 Å². The number of nitro groups is 1. The summed E-state index contributed by atoms with van der Waals surface area (Å²) in [7, 11) is 0. The summed E-state index contributed by atoms with van der Waals surface area (Å²) in [4.78, 5) is 26.6. The Balaban J connectivity index is 1.42. The maximum absolute atomic E-state index is 11.9. The first-order valence-corrected chi connectivity index (χ1v) is 8.78. The van der Waals surface area contributed by atoms with Crippen LogP contribution in [0.5, 0.6) is 0 Å². The summed E-state index contributed by atoms with van der Waals surface area (Å²) in [6.07, 6.45) is 1.88. The van der Waals surface area contributed by atoms with Gasteiger partial charge in [-0.1, -0.05) is 24.3 Å². The van der Waals surface area contributed by atoms with Gasteiger partial charge in [-0.2, -0.15) is 0 Å². The molecule has 7 heteroatoms. The average molecular weight is 355 g/mol. The highest BCUT2D eigenvalue weighted by molar-refractivity contribution is 7.18. The summed E-state index contributed by atoms with van der Waals surface area (Å²) < 4.78 is 1.18. The van der Waals surface area contributed by atoms with Gasteiger partial charge in [0.15, 0.2) is 0 Å². The van der Waals surface area contributed by atoms with Crippen molar-refractivity contribution in [2.45, 2.75) is 19.3 Å². The lowest BCUT2D eigenvalue weighted by Crippen LogP contribution is -2.26. The topological polar surface area (TPSA) is 85.1 Å². The van der Waals surface area contributed by atoms with Gasteiger partial charge in [-0.05, 0) is 24.1 Å². The smallest absolute Gasteiger partial charge is 0.269 e. The van der Waals surface area contributed by atoms with Crippen LogP contribution in [0.25, 0.3) is 10.2 Å². The van der Waals surface area contributed by atoms with Gasteiger partial charge >= 0.3 is 0 Å². The predicted octanol–water partition coefficient (Wildman–Crippen LogP) is 3.50. The maximum Gasteiger partial charge on any atom is 0.269 e. The first-order chi connectivity index (χ1) is 12.1. The zero-order chi connectivity index (χ0) is 17.6. The third-order valence-electron chi connectivity index (χ3n) is 3.74. The van der Waals surface area contributed by atoms with E-state index in [9.17, 15) is 14.9 Å². The molecule has 0 aliphatic rings. The van der Waals surface area contributed by atoms with E-state index in [0.29, 0.717) is 6.54 Å². The van der Waals surface area contributed by atoms with E-state index in [1.54, 1.807) is 23.5 Å². The molecule has 0 atom stereocenters. The van der Waals surface area contributed by atoms with Crippen molar-refractivity contribution in [3.8, 4) is 0 Å². The van der Waals surface area contributed by atoms with Crippen molar-refractivity contribution in [1.29, 1.82) is 0 Å². The van der Waals surface area contributed by atoms with Gasteiger partial charge in [0.2, 0.25) is 5.91 Å². The molecule has 25 heavy (non-hydrogen) atoms. The minimum Gasteiger partial charge on any atom is -0.356 e. The lowest BCUT2D eigenvalue weighted by Gasteiger charge is -2.04. The third-order valence-corrected chi connectivity index (χ3v) is 4.84. The number of aryl methyl sites for hydroxylation is 1. The number of nitrogens with one attached hydrogen (secondary N) is 1. The Morgan fingerprint density at radius 2 is 1.92 bits per heavy atom. The summed E-state index contributed by atoms with van der Waals surface area (Å²) >= 11 is 1.68. The molecule has 0 spiro atoms. The summed E-state index contributed by atoms with van der Waals surface area (Å²) in [5, 5.41) is 14.6. The number of aromatic nitrogens is 1. The number of rotatable bonds is 7. The molecule has 0 radical (unpaired) electrons. The fourth-order valence-electron chi connectivity index (χ4n) is 2.48. The van der Waals surface area contributed by atoms with E-state index in [1.807, 2.05) is 18.2 Å². The number of para-hydroxylation sites is 1. The number of nitrogens with zero attached hydrogens (tertiary/aromatic N) is 2. The fourth-order valence-corrected chi connectivity index (χ4v) is 3.49. The molecule has 3 aromatic rings. The van der Waals surface area contributed by atoms with Crippen molar-refractivity contribution in [3.05, 3.63) is 69.2 Å². The summed E-state index contributed by atoms with van der Waals surface area (Å²) in [5.41, 5.74) is 1.80. The number of nitro benzene ring substituents is 1. The molecule has 6 nitrogen and oxygen atoms in total. The van der Waals surface area contributed by atoms with Crippen LogP contribution < -0.4 is 5.32 Å². The van der Waals surface area contributed by atoms with Crippen molar-refractivity contribution in [2.75, 3.05) is 6.54 Å².